The van der Waals surface area contributed by atoms with E-state index in [4.69, 9.17) is 10.5 Å². The third-order valence-electron chi connectivity index (χ3n) is 2.48. The van der Waals surface area contributed by atoms with E-state index in [9.17, 15) is 0 Å². The van der Waals surface area contributed by atoms with Gasteiger partial charge in [-0.15, -0.1) is 0 Å². The van der Waals surface area contributed by atoms with Crippen LogP contribution in [0, 0.1) is 0 Å². The van der Waals surface area contributed by atoms with Crippen LogP contribution in [-0.2, 0) is 0 Å². The second-order valence-corrected chi connectivity index (χ2v) is 3.51. The first-order chi connectivity index (χ1) is 8.24. The Bertz CT molecular complexity index is 501. The zero-order chi connectivity index (χ0) is 12.3. The van der Waals surface area contributed by atoms with Gasteiger partial charge in [0.05, 0.1) is 7.11 Å². The number of anilines is 3. The van der Waals surface area contributed by atoms with Gasteiger partial charge in [-0.25, -0.2) is 4.98 Å². The van der Waals surface area contributed by atoms with Crippen molar-refractivity contribution in [3.8, 4) is 5.88 Å². The smallest absolute Gasteiger partial charge is 0.242 e. The summed E-state index contributed by atoms with van der Waals surface area (Å²) < 4.78 is 5.07. The third kappa shape index (κ3) is 2.13. The molecule has 0 amide bonds. The monoisotopic (exact) mass is 230 g/mol. The van der Waals surface area contributed by atoms with Crippen molar-refractivity contribution in [3.63, 3.8) is 0 Å². The molecular weight excluding hydrogens is 216 g/mol. The highest BCUT2D eigenvalue weighted by Crippen LogP contribution is 2.30. The van der Waals surface area contributed by atoms with E-state index in [0.29, 0.717) is 17.4 Å². The maximum atomic E-state index is 5.94. The molecule has 0 aliphatic carbocycles. The Morgan fingerprint density at radius 2 is 1.88 bits per heavy atom. The summed E-state index contributed by atoms with van der Waals surface area (Å²) in [4.78, 5) is 10.0. The summed E-state index contributed by atoms with van der Waals surface area (Å²) in [6, 6.07) is 9.84. The number of nitrogen functional groups attached to an aromatic ring is 1. The molecule has 5 heteroatoms. The molecule has 0 bridgehead atoms. The minimum Gasteiger partial charge on any atom is -0.479 e. The Labute approximate surface area is 99.9 Å². The number of aromatic nitrogens is 2. The maximum absolute atomic E-state index is 5.94. The number of nitrogens with zero attached hydrogens (tertiary/aromatic N) is 3. The zero-order valence-electron chi connectivity index (χ0n) is 9.79. The van der Waals surface area contributed by atoms with Crippen molar-refractivity contribution in [2.24, 2.45) is 0 Å². The summed E-state index contributed by atoms with van der Waals surface area (Å²) in [5, 5.41) is 0. The second-order valence-electron chi connectivity index (χ2n) is 3.51. The highest BCUT2D eigenvalue weighted by atomic mass is 16.5. The fourth-order valence-electron chi connectivity index (χ4n) is 1.57. The Morgan fingerprint density at radius 3 is 2.53 bits per heavy atom. The van der Waals surface area contributed by atoms with E-state index >= 15 is 0 Å². The van der Waals surface area contributed by atoms with Crippen molar-refractivity contribution in [3.05, 3.63) is 36.7 Å². The van der Waals surface area contributed by atoms with Crippen LogP contribution in [0.25, 0.3) is 0 Å². The molecule has 1 heterocycles. The molecule has 1 aromatic carbocycles. The molecule has 0 saturated carbocycles. The highest BCUT2D eigenvalue weighted by Gasteiger charge is 2.13. The number of methoxy groups -OCH3 is 1. The number of para-hydroxylation sites is 1. The summed E-state index contributed by atoms with van der Waals surface area (Å²) in [7, 11) is 3.43. The minimum absolute atomic E-state index is 0.387. The molecule has 0 radical (unpaired) electrons. The Kier molecular flexibility index (Phi) is 3.09. The van der Waals surface area contributed by atoms with Crippen molar-refractivity contribution in [2.45, 2.75) is 0 Å². The van der Waals surface area contributed by atoms with Gasteiger partial charge in [0, 0.05) is 12.7 Å². The van der Waals surface area contributed by atoms with Crippen LogP contribution in [0.15, 0.2) is 36.7 Å². The fourth-order valence-corrected chi connectivity index (χ4v) is 1.57. The lowest BCUT2D eigenvalue weighted by molar-refractivity contribution is 0.399. The summed E-state index contributed by atoms with van der Waals surface area (Å²) in [5.74, 6) is 1.01. The molecule has 88 valence electrons. The van der Waals surface area contributed by atoms with E-state index in [1.807, 2.05) is 42.3 Å². The van der Waals surface area contributed by atoms with Gasteiger partial charge in [-0.05, 0) is 12.1 Å². The van der Waals surface area contributed by atoms with E-state index in [0.717, 1.165) is 5.69 Å². The van der Waals surface area contributed by atoms with Crippen molar-refractivity contribution in [2.75, 3.05) is 24.8 Å². The van der Waals surface area contributed by atoms with E-state index in [1.54, 1.807) is 0 Å². The van der Waals surface area contributed by atoms with E-state index in [2.05, 4.69) is 9.97 Å². The topological polar surface area (TPSA) is 64.3 Å². The molecule has 17 heavy (non-hydrogen) atoms. The standard InChI is InChI=1S/C12H14N4O/c1-16(9-6-4-3-5-7-9)11-10(13)12(17-2)15-8-14-11/h3-8H,13H2,1-2H3. The van der Waals surface area contributed by atoms with E-state index < -0.39 is 0 Å². The Balaban J connectivity index is 2.41. The molecule has 0 aliphatic heterocycles. The van der Waals surface area contributed by atoms with E-state index in [1.165, 1.54) is 13.4 Å². The lowest BCUT2D eigenvalue weighted by Crippen LogP contribution is -2.14. The summed E-state index contributed by atoms with van der Waals surface area (Å²) in [5.41, 5.74) is 7.37. The van der Waals surface area contributed by atoms with Crippen LogP contribution in [0.2, 0.25) is 0 Å². The van der Waals surface area contributed by atoms with Crippen molar-refractivity contribution in [1.29, 1.82) is 0 Å². The minimum atomic E-state index is 0.387. The number of nitrogens with two attached hydrogens (primary N) is 1. The van der Waals surface area contributed by atoms with Crippen LogP contribution in [0.3, 0.4) is 0 Å². The van der Waals surface area contributed by atoms with Crippen LogP contribution in [0.4, 0.5) is 17.2 Å². The Hall–Kier alpha value is -2.30. The lowest BCUT2D eigenvalue weighted by Gasteiger charge is -2.20. The van der Waals surface area contributed by atoms with Crippen LogP contribution < -0.4 is 15.4 Å². The van der Waals surface area contributed by atoms with Gasteiger partial charge in [-0.1, -0.05) is 18.2 Å². The van der Waals surface area contributed by atoms with Crippen LogP contribution in [0.1, 0.15) is 0 Å². The molecule has 5 nitrogen and oxygen atoms in total. The first-order valence-electron chi connectivity index (χ1n) is 5.17. The molecule has 1 aromatic heterocycles. The number of rotatable bonds is 3. The second kappa shape index (κ2) is 4.69. The van der Waals surface area contributed by atoms with Gasteiger partial charge in [0.25, 0.3) is 0 Å². The number of benzene rings is 1. The summed E-state index contributed by atoms with van der Waals surface area (Å²) in [6.45, 7) is 0. The zero-order valence-corrected chi connectivity index (χ0v) is 9.79. The van der Waals surface area contributed by atoms with Crippen molar-refractivity contribution in [1.82, 2.24) is 9.97 Å². The van der Waals surface area contributed by atoms with Crippen molar-refractivity contribution < 1.29 is 4.74 Å². The fraction of sp³-hybridized carbons (Fsp3) is 0.167. The van der Waals surface area contributed by atoms with E-state index in [-0.39, 0.29) is 0 Å². The van der Waals surface area contributed by atoms with Gasteiger partial charge < -0.3 is 15.4 Å². The third-order valence-corrected chi connectivity index (χ3v) is 2.48. The van der Waals surface area contributed by atoms with Crippen LogP contribution >= 0.6 is 0 Å². The summed E-state index contributed by atoms with van der Waals surface area (Å²) >= 11 is 0. The Morgan fingerprint density at radius 1 is 1.18 bits per heavy atom. The van der Waals surface area contributed by atoms with Gasteiger partial charge >= 0.3 is 0 Å². The number of hydrogen-bond donors (Lipinski definition) is 1. The molecular formula is C12H14N4O. The molecule has 2 N–H and O–H groups in total. The van der Waals surface area contributed by atoms with Crippen LogP contribution in [-0.4, -0.2) is 24.1 Å². The maximum Gasteiger partial charge on any atom is 0.242 e. The largest absolute Gasteiger partial charge is 0.479 e. The van der Waals surface area contributed by atoms with Gasteiger partial charge in [0.15, 0.2) is 5.82 Å². The molecule has 0 fully saturated rings. The normalized spacial score (nSPS) is 10.0. The number of ether oxygens (including phenoxy) is 1. The molecule has 0 unspecified atom stereocenters. The quantitative estimate of drug-likeness (QED) is 0.871. The van der Waals surface area contributed by atoms with Crippen molar-refractivity contribution >= 4 is 17.2 Å². The first-order valence-corrected chi connectivity index (χ1v) is 5.17. The van der Waals surface area contributed by atoms with Crippen LogP contribution in [0.5, 0.6) is 5.88 Å². The molecule has 0 aliphatic rings. The highest BCUT2D eigenvalue weighted by molar-refractivity contribution is 5.73. The molecule has 2 rings (SSSR count). The van der Waals surface area contributed by atoms with Gasteiger partial charge in [0.1, 0.15) is 12.0 Å². The number of hydrogen-bond acceptors (Lipinski definition) is 5. The summed E-state index contributed by atoms with van der Waals surface area (Å²) in [6.07, 6.45) is 1.43. The first kappa shape index (κ1) is 11.2. The van der Waals surface area contributed by atoms with Gasteiger partial charge in [-0.3, -0.25) is 0 Å². The predicted octanol–water partition coefficient (Wildman–Crippen LogP) is 1.84. The average Bonchev–Trinajstić information content (AvgIpc) is 2.39. The lowest BCUT2D eigenvalue weighted by atomic mass is 10.3. The molecule has 0 atom stereocenters. The predicted molar refractivity (Wildman–Crippen MR) is 67.5 cm³/mol. The molecule has 0 saturated heterocycles. The molecule has 0 spiro atoms. The molecule has 2 aromatic rings. The van der Waals surface area contributed by atoms with Gasteiger partial charge in [0.2, 0.25) is 5.88 Å². The van der Waals surface area contributed by atoms with Gasteiger partial charge in [-0.2, -0.15) is 4.98 Å². The SMILES string of the molecule is COc1ncnc(N(C)c2ccccc2)c1N. The average molecular weight is 230 g/mol.